The lowest BCUT2D eigenvalue weighted by Crippen LogP contribution is -2.33. The Bertz CT molecular complexity index is 1010. The Morgan fingerprint density at radius 3 is 1.77 bits per heavy atom. The predicted molar refractivity (Wildman–Crippen MR) is 162 cm³/mol. The predicted octanol–water partition coefficient (Wildman–Crippen LogP) is 8.30. The van der Waals surface area contributed by atoms with E-state index >= 15 is 0 Å². The first-order valence-corrected chi connectivity index (χ1v) is 15.5. The molecule has 0 bridgehead atoms. The maximum absolute atomic E-state index is 13.2. The van der Waals surface area contributed by atoms with Crippen LogP contribution in [0.1, 0.15) is 128 Å². The summed E-state index contributed by atoms with van der Waals surface area (Å²) >= 11 is 0. The van der Waals surface area contributed by atoms with E-state index in [1.807, 2.05) is 26.0 Å². The van der Waals surface area contributed by atoms with Crippen molar-refractivity contribution >= 4 is 11.9 Å². The van der Waals surface area contributed by atoms with E-state index in [-0.39, 0.29) is 6.61 Å². The molecule has 224 valence electrons. The van der Waals surface area contributed by atoms with Crippen molar-refractivity contribution < 1.29 is 23.8 Å². The molecule has 1 atom stereocenters. The van der Waals surface area contributed by atoms with Crippen molar-refractivity contribution in [3.8, 4) is 5.75 Å². The van der Waals surface area contributed by atoms with Crippen LogP contribution in [0.4, 0.5) is 0 Å². The van der Waals surface area contributed by atoms with Crippen LogP contribution in [-0.4, -0.2) is 32.8 Å². The number of hydrogen-bond donors (Lipinski definition) is 1. The molecule has 1 aliphatic rings. The summed E-state index contributed by atoms with van der Waals surface area (Å²) < 4.78 is 16.4. The van der Waals surface area contributed by atoms with E-state index in [1.165, 1.54) is 77.7 Å². The molecule has 1 aliphatic heterocycles. The quantitative estimate of drug-likeness (QED) is 0.137. The summed E-state index contributed by atoms with van der Waals surface area (Å²) in [7, 11) is 3.00. The van der Waals surface area contributed by atoms with Crippen LogP contribution in [0, 0.1) is 0 Å². The molecular formula is C34H53NO5. The summed E-state index contributed by atoms with van der Waals surface area (Å²) in [6.45, 7) is 7.98. The van der Waals surface area contributed by atoms with Crippen molar-refractivity contribution in [2.45, 2.75) is 124 Å². The highest BCUT2D eigenvalue weighted by atomic mass is 16.5. The van der Waals surface area contributed by atoms with E-state index < -0.39 is 17.9 Å². The van der Waals surface area contributed by atoms with Gasteiger partial charge in [0.1, 0.15) is 5.75 Å². The topological polar surface area (TPSA) is 73.9 Å². The molecule has 1 unspecified atom stereocenters. The van der Waals surface area contributed by atoms with Crippen molar-refractivity contribution in [3.63, 3.8) is 0 Å². The summed E-state index contributed by atoms with van der Waals surface area (Å²) in [5.41, 5.74) is 4.09. The minimum Gasteiger partial charge on any atom is -0.496 e. The summed E-state index contributed by atoms with van der Waals surface area (Å²) in [5.74, 6) is -0.893. The zero-order valence-electron chi connectivity index (χ0n) is 26.0. The maximum Gasteiger partial charge on any atom is 0.336 e. The van der Waals surface area contributed by atoms with Gasteiger partial charge < -0.3 is 19.5 Å². The van der Waals surface area contributed by atoms with Gasteiger partial charge in [0.2, 0.25) is 0 Å². The van der Waals surface area contributed by atoms with Crippen molar-refractivity contribution in [2.75, 3.05) is 20.8 Å². The Labute approximate surface area is 242 Å². The molecule has 40 heavy (non-hydrogen) atoms. The van der Waals surface area contributed by atoms with Crippen molar-refractivity contribution in [2.24, 2.45) is 0 Å². The molecule has 1 N–H and O–H groups in total. The second-order valence-electron chi connectivity index (χ2n) is 10.9. The smallest absolute Gasteiger partial charge is 0.336 e. The van der Waals surface area contributed by atoms with Crippen molar-refractivity contribution in [1.82, 2.24) is 5.32 Å². The third kappa shape index (κ3) is 9.71. The minimum absolute atomic E-state index is 0.246. The molecule has 6 nitrogen and oxygen atoms in total. The normalized spacial score (nSPS) is 15.2. The van der Waals surface area contributed by atoms with Gasteiger partial charge >= 0.3 is 11.9 Å². The van der Waals surface area contributed by atoms with Gasteiger partial charge in [0.05, 0.1) is 37.9 Å². The SMILES string of the molecule is CCCCCCCCCCCCCCCc1cccc(OC)c1C1C(C(=O)OC)=C(C)NC(C)=C1C(=O)OCC. The molecule has 6 heteroatoms. The largest absolute Gasteiger partial charge is 0.496 e. The number of nitrogens with one attached hydrogen (secondary N) is 1. The van der Waals surface area contributed by atoms with E-state index in [2.05, 4.69) is 18.3 Å². The van der Waals surface area contributed by atoms with Crippen LogP contribution < -0.4 is 10.1 Å². The number of esters is 2. The van der Waals surface area contributed by atoms with Crippen LogP contribution in [0.25, 0.3) is 0 Å². The summed E-state index contributed by atoms with van der Waals surface area (Å²) in [4.78, 5) is 26.3. The first kappa shape index (κ1) is 33.4. The molecule has 1 aromatic rings. The van der Waals surface area contributed by atoms with Gasteiger partial charge in [0, 0.05) is 17.0 Å². The number of hydrogen-bond acceptors (Lipinski definition) is 6. The number of ether oxygens (including phenoxy) is 3. The fourth-order valence-electron chi connectivity index (χ4n) is 5.79. The fourth-order valence-corrected chi connectivity index (χ4v) is 5.79. The highest BCUT2D eigenvalue weighted by Crippen LogP contribution is 2.44. The fraction of sp³-hybridized carbons (Fsp3) is 0.647. The Kier molecular flexibility index (Phi) is 15.5. The molecular weight excluding hydrogens is 502 g/mol. The zero-order valence-corrected chi connectivity index (χ0v) is 26.0. The number of allylic oxidation sites excluding steroid dienone is 2. The average Bonchev–Trinajstić information content (AvgIpc) is 2.94. The van der Waals surface area contributed by atoms with Gasteiger partial charge in [0.15, 0.2) is 0 Å². The van der Waals surface area contributed by atoms with Crippen LogP contribution in [-0.2, 0) is 25.5 Å². The number of carbonyl (C=O) groups is 2. The average molecular weight is 556 g/mol. The van der Waals surface area contributed by atoms with Gasteiger partial charge in [-0.05, 0) is 45.2 Å². The third-order valence-corrected chi connectivity index (χ3v) is 7.88. The monoisotopic (exact) mass is 555 g/mol. The van der Waals surface area contributed by atoms with E-state index in [0.29, 0.717) is 28.3 Å². The molecule has 0 saturated carbocycles. The molecule has 1 aromatic carbocycles. The Balaban J connectivity index is 2.11. The van der Waals surface area contributed by atoms with Crippen LogP contribution in [0.2, 0.25) is 0 Å². The lowest BCUT2D eigenvalue weighted by Gasteiger charge is -2.32. The molecule has 0 spiro atoms. The van der Waals surface area contributed by atoms with Gasteiger partial charge in [-0.15, -0.1) is 0 Å². The van der Waals surface area contributed by atoms with E-state index in [0.717, 1.165) is 30.4 Å². The summed E-state index contributed by atoms with van der Waals surface area (Å²) in [6, 6.07) is 5.96. The first-order valence-electron chi connectivity index (χ1n) is 15.5. The van der Waals surface area contributed by atoms with Crippen LogP contribution in [0.15, 0.2) is 40.7 Å². The van der Waals surface area contributed by atoms with Gasteiger partial charge in [-0.25, -0.2) is 9.59 Å². The molecule has 1 heterocycles. The van der Waals surface area contributed by atoms with Gasteiger partial charge in [0.25, 0.3) is 0 Å². The van der Waals surface area contributed by atoms with Crippen LogP contribution in [0.3, 0.4) is 0 Å². The van der Waals surface area contributed by atoms with Gasteiger partial charge in [-0.1, -0.05) is 96.1 Å². The molecule has 2 rings (SSSR count). The van der Waals surface area contributed by atoms with Crippen LogP contribution in [0.5, 0.6) is 5.75 Å². The highest BCUT2D eigenvalue weighted by molar-refractivity contribution is 6.00. The molecule has 0 aliphatic carbocycles. The summed E-state index contributed by atoms with van der Waals surface area (Å²) in [6.07, 6.45) is 17.8. The Hall–Kier alpha value is -2.76. The number of unbranched alkanes of at least 4 members (excludes halogenated alkanes) is 12. The van der Waals surface area contributed by atoms with Crippen molar-refractivity contribution in [3.05, 3.63) is 51.9 Å². The molecule has 0 saturated heterocycles. The second-order valence-corrected chi connectivity index (χ2v) is 10.9. The minimum atomic E-state index is -0.638. The van der Waals surface area contributed by atoms with Crippen LogP contribution >= 0.6 is 0 Å². The highest BCUT2D eigenvalue weighted by Gasteiger charge is 2.40. The maximum atomic E-state index is 13.2. The number of aryl methyl sites for hydroxylation is 1. The number of dihydropyridines is 1. The van der Waals surface area contributed by atoms with Gasteiger partial charge in [-0.3, -0.25) is 0 Å². The number of rotatable bonds is 19. The van der Waals surface area contributed by atoms with E-state index in [4.69, 9.17) is 14.2 Å². The second kappa shape index (κ2) is 18.6. The number of methoxy groups -OCH3 is 2. The molecule has 0 fully saturated rings. The zero-order chi connectivity index (χ0) is 29.3. The molecule has 0 radical (unpaired) electrons. The lowest BCUT2D eigenvalue weighted by atomic mass is 9.77. The number of carbonyl (C=O) groups excluding carboxylic acids is 2. The van der Waals surface area contributed by atoms with E-state index in [9.17, 15) is 9.59 Å². The van der Waals surface area contributed by atoms with E-state index in [1.54, 1.807) is 14.0 Å². The number of benzene rings is 1. The standard InChI is InChI=1S/C34H53NO5/c1-7-9-10-11-12-13-14-15-16-17-18-19-20-22-27-23-21-24-28(38-5)31(27)32-29(33(36)39-6)25(3)35-26(4)30(32)34(37)40-8-2/h21,23-24,32,35H,7-20,22H2,1-6H3. The third-order valence-electron chi connectivity index (χ3n) is 7.88. The Morgan fingerprint density at radius 1 is 0.750 bits per heavy atom. The Morgan fingerprint density at radius 2 is 1.27 bits per heavy atom. The van der Waals surface area contributed by atoms with Gasteiger partial charge in [-0.2, -0.15) is 0 Å². The molecule has 0 aromatic heterocycles. The lowest BCUT2D eigenvalue weighted by molar-refractivity contribution is -0.139. The summed E-state index contributed by atoms with van der Waals surface area (Å²) in [5, 5.41) is 3.20. The van der Waals surface area contributed by atoms with Crippen molar-refractivity contribution in [1.29, 1.82) is 0 Å². The molecule has 0 amide bonds. The first-order chi connectivity index (χ1) is 19.4.